The predicted molar refractivity (Wildman–Crippen MR) is 63.4 cm³/mol. The molecule has 1 aromatic heterocycles. The van der Waals surface area contributed by atoms with Gasteiger partial charge in [-0.3, -0.25) is 0 Å². The van der Waals surface area contributed by atoms with Crippen molar-refractivity contribution in [2.45, 2.75) is 13.5 Å². The van der Waals surface area contributed by atoms with Crippen molar-refractivity contribution in [2.24, 2.45) is 5.73 Å². The summed E-state index contributed by atoms with van der Waals surface area (Å²) in [5, 5.41) is 1.26. The van der Waals surface area contributed by atoms with Crippen molar-refractivity contribution in [2.75, 3.05) is 6.54 Å². The quantitative estimate of drug-likeness (QED) is 0.876. The summed E-state index contributed by atoms with van der Waals surface area (Å²) in [5.41, 5.74) is 8.11. The predicted octanol–water partition coefficient (Wildman–Crippen LogP) is 2.67. The van der Waals surface area contributed by atoms with Crippen molar-refractivity contribution in [3.8, 4) is 0 Å². The van der Waals surface area contributed by atoms with Crippen LogP contribution in [0.4, 0.5) is 0 Å². The van der Waals surface area contributed by atoms with Crippen LogP contribution >= 0.6 is 15.9 Å². The minimum Gasteiger partial charge on any atom is -0.334 e. The van der Waals surface area contributed by atoms with E-state index in [9.17, 15) is 0 Å². The third-order valence-electron chi connectivity index (χ3n) is 2.36. The van der Waals surface area contributed by atoms with Gasteiger partial charge >= 0.3 is 0 Å². The molecule has 1 heterocycles. The standard InChI is InChI=1S/C11H13BrN2/c1-8-2-3-9-7-11(12)14(5-4-13)10(9)6-8/h2-3,6-7H,4-5,13H2,1H3. The molecule has 1 aromatic carbocycles. The fourth-order valence-electron chi connectivity index (χ4n) is 1.69. The van der Waals surface area contributed by atoms with Crippen LogP contribution < -0.4 is 5.73 Å². The lowest BCUT2D eigenvalue weighted by Gasteiger charge is -2.05. The number of nitrogens with two attached hydrogens (primary N) is 1. The molecule has 0 spiro atoms. The van der Waals surface area contributed by atoms with Gasteiger partial charge in [-0.25, -0.2) is 0 Å². The summed E-state index contributed by atoms with van der Waals surface area (Å²) in [6.07, 6.45) is 0. The second-order valence-electron chi connectivity index (χ2n) is 3.47. The van der Waals surface area contributed by atoms with Crippen LogP contribution in [0.1, 0.15) is 5.56 Å². The molecule has 2 rings (SSSR count). The van der Waals surface area contributed by atoms with E-state index in [-0.39, 0.29) is 0 Å². The van der Waals surface area contributed by atoms with Gasteiger partial charge in [0.15, 0.2) is 0 Å². The lowest BCUT2D eigenvalue weighted by atomic mass is 10.2. The van der Waals surface area contributed by atoms with Crippen LogP contribution in [-0.2, 0) is 6.54 Å². The van der Waals surface area contributed by atoms with Crippen LogP contribution in [0.25, 0.3) is 10.9 Å². The molecule has 3 heteroatoms. The van der Waals surface area contributed by atoms with Gasteiger partial charge < -0.3 is 10.3 Å². The summed E-state index contributed by atoms with van der Waals surface area (Å²) >= 11 is 3.54. The maximum absolute atomic E-state index is 5.58. The van der Waals surface area contributed by atoms with E-state index in [0.29, 0.717) is 6.54 Å². The summed E-state index contributed by atoms with van der Waals surface area (Å²) in [6.45, 7) is 3.62. The van der Waals surface area contributed by atoms with Crippen molar-refractivity contribution >= 4 is 26.8 Å². The molecule has 0 aliphatic rings. The summed E-state index contributed by atoms with van der Waals surface area (Å²) in [4.78, 5) is 0. The van der Waals surface area contributed by atoms with Gasteiger partial charge in [-0.1, -0.05) is 12.1 Å². The van der Waals surface area contributed by atoms with E-state index in [4.69, 9.17) is 5.73 Å². The first-order valence-electron chi connectivity index (χ1n) is 4.68. The van der Waals surface area contributed by atoms with E-state index in [1.807, 2.05) is 0 Å². The molecule has 2 aromatic rings. The molecule has 2 N–H and O–H groups in total. The first kappa shape index (κ1) is 9.74. The highest BCUT2D eigenvalue weighted by molar-refractivity contribution is 9.10. The Bertz CT molecular complexity index is 460. The van der Waals surface area contributed by atoms with Crippen LogP contribution in [0.5, 0.6) is 0 Å². The Kier molecular flexibility index (Phi) is 2.61. The first-order chi connectivity index (χ1) is 6.72. The van der Waals surface area contributed by atoms with Crippen molar-refractivity contribution in [3.63, 3.8) is 0 Å². The number of nitrogens with zero attached hydrogens (tertiary/aromatic N) is 1. The van der Waals surface area contributed by atoms with Gasteiger partial charge in [0.1, 0.15) is 0 Å². The normalized spacial score (nSPS) is 11.1. The van der Waals surface area contributed by atoms with E-state index < -0.39 is 0 Å². The van der Waals surface area contributed by atoms with Gasteiger partial charge in [0.25, 0.3) is 0 Å². The molecule has 2 nitrogen and oxygen atoms in total. The van der Waals surface area contributed by atoms with E-state index >= 15 is 0 Å². The molecule has 14 heavy (non-hydrogen) atoms. The molecule has 0 saturated heterocycles. The molecule has 0 aliphatic heterocycles. The summed E-state index contributed by atoms with van der Waals surface area (Å²) in [6, 6.07) is 8.59. The number of aromatic nitrogens is 1. The van der Waals surface area contributed by atoms with E-state index in [2.05, 4.69) is 51.7 Å². The van der Waals surface area contributed by atoms with Crippen LogP contribution in [0.2, 0.25) is 0 Å². The van der Waals surface area contributed by atoms with Crippen LogP contribution in [0.3, 0.4) is 0 Å². The lowest BCUT2D eigenvalue weighted by Crippen LogP contribution is -2.09. The van der Waals surface area contributed by atoms with Gasteiger partial charge in [-0.15, -0.1) is 0 Å². The zero-order valence-electron chi connectivity index (χ0n) is 8.13. The number of rotatable bonds is 2. The third kappa shape index (κ3) is 1.57. The minimum atomic E-state index is 0.663. The maximum atomic E-state index is 5.58. The van der Waals surface area contributed by atoms with E-state index in [0.717, 1.165) is 11.1 Å². The maximum Gasteiger partial charge on any atom is 0.0857 e. The SMILES string of the molecule is Cc1ccc2cc(Br)n(CCN)c2c1. The average Bonchev–Trinajstić information content (AvgIpc) is 2.45. The average molecular weight is 253 g/mol. The Morgan fingerprint density at radius 3 is 2.86 bits per heavy atom. The van der Waals surface area contributed by atoms with Crippen LogP contribution in [0.15, 0.2) is 28.9 Å². The number of hydrogen-bond acceptors (Lipinski definition) is 1. The monoisotopic (exact) mass is 252 g/mol. The van der Waals surface area contributed by atoms with Crippen molar-refractivity contribution in [1.82, 2.24) is 4.57 Å². The molecule has 0 radical (unpaired) electrons. The molecule has 0 amide bonds. The summed E-state index contributed by atoms with van der Waals surface area (Å²) in [5.74, 6) is 0. The minimum absolute atomic E-state index is 0.663. The Morgan fingerprint density at radius 1 is 1.36 bits per heavy atom. The lowest BCUT2D eigenvalue weighted by molar-refractivity contribution is 0.722. The van der Waals surface area contributed by atoms with Gasteiger partial charge in [0.2, 0.25) is 0 Å². The van der Waals surface area contributed by atoms with Crippen LogP contribution in [0, 0.1) is 6.92 Å². The second kappa shape index (κ2) is 3.75. The molecular formula is C11H13BrN2. The highest BCUT2D eigenvalue weighted by atomic mass is 79.9. The zero-order chi connectivity index (χ0) is 10.1. The first-order valence-corrected chi connectivity index (χ1v) is 5.47. The molecule has 0 aliphatic carbocycles. The number of aryl methyl sites for hydroxylation is 1. The fraction of sp³-hybridized carbons (Fsp3) is 0.273. The smallest absolute Gasteiger partial charge is 0.0857 e. The molecule has 0 unspecified atom stereocenters. The highest BCUT2D eigenvalue weighted by Crippen LogP contribution is 2.24. The largest absolute Gasteiger partial charge is 0.334 e. The Morgan fingerprint density at radius 2 is 2.14 bits per heavy atom. The Hall–Kier alpha value is -0.800. The van der Waals surface area contributed by atoms with Gasteiger partial charge in [0, 0.05) is 24.0 Å². The number of benzene rings is 1. The summed E-state index contributed by atoms with van der Waals surface area (Å²) < 4.78 is 3.30. The fourth-order valence-corrected chi connectivity index (χ4v) is 2.30. The molecule has 0 atom stereocenters. The topological polar surface area (TPSA) is 30.9 Å². The zero-order valence-corrected chi connectivity index (χ0v) is 9.71. The molecule has 74 valence electrons. The molecule has 0 fully saturated rings. The van der Waals surface area contributed by atoms with E-state index in [1.165, 1.54) is 16.5 Å². The molecular weight excluding hydrogens is 240 g/mol. The number of fused-ring (bicyclic) bond motifs is 1. The second-order valence-corrected chi connectivity index (χ2v) is 4.28. The molecule has 0 bridgehead atoms. The third-order valence-corrected chi connectivity index (χ3v) is 3.02. The number of halogens is 1. The summed E-state index contributed by atoms with van der Waals surface area (Å²) in [7, 11) is 0. The van der Waals surface area contributed by atoms with Gasteiger partial charge in [-0.05, 0) is 40.5 Å². The number of hydrogen-bond donors (Lipinski definition) is 1. The Labute approximate surface area is 91.8 Å². The van der Waals surface area contributed by atoms with Gasteiger partial charge in [-0.2, -0.15) is 0 Å². The highest BCUT2D eigenvalue weighted by Gasteiger charge is 2.05. The van der Waals surface area contributed by atoms with Crippen LogP contribution in [-0.4, -0.2) is 11.1 Å². The Balaban J connectivity index is 2.66. The van der Waals surface area contributed by atoms with Gasteiger partial charge in [0.05, 0.1) is 4.60 Å². The van der Waals surface area contributed by atoms with Crippen molar-refractivity contribution < 1.29 is 0 Å². The van der Waals surface area contributed by atoms with Crippen molar-refractivity contribution in [1.29, 1.82) is 0 Å². The molecule has 0 saturated carbocycles. The van der Waals surface area contributed by atoms with Crippen molar-refractivity contribution in [3.05, 3.63) is 34.4 Å². The van der Waals surface area contributed by atoms with E-state index in [1.54, 1.807) is 0 Å².